The van der Waals surface area contributed by atoms with E-state index in [1.807, 2.05) is 22.6 Å². The highest BCUT2D eigenvalue weighted by Crippen LogP contribution is 2.38. The van der Waals surface area contributed by atoms with E-state index < -0.39 is 11.9 Å². The number of halogens is 2. The fourth-order valence-corrected chi connectivity index (χ4v) is 4.81. The van der Waals surface area contributed by atoms with Gasteiger partial charge in [-0.1, -0.05) is 0 Å². The third-order valence-electron chi connectivity index (χ3n) is 6.42. The van der Waals surface area contributed by atoms with Crippen molar-refractivity contribution >= 4 is 27.4 Å². The summed E-state index contributed by atoms with van der Waals surface area (Å²) >= 11 is 3.35. The Morgan fingerprint density at radius 1 is 1.29 bits per heavy atom. The van der Waals surface area contributed by atoms with E-state index in [1.54, 1.807) is 30.8 Å². The van der Waals surface area contributed by atoms with Gasteiger partial charge in [-0.2, -0.15) is 15.5 Å². The van der Waals surface area contributed by atoms with Gasteiger partial charge in [0.15, 0.2) is 17.3 Å². The van der Waals surface area contributed by atoms with Gasteiger partial charge in [-0.3, -0.25) is 14.6 Å². The number of rotatable bonds is 9. The Labute approximate surface area is 226 Å². The molecule has 10 nitrogen and oxygen atoms in total. The normalized spacial score (nSPS) is 13.8. The summed E-state index contributed by atoms with van der Waals surface area (Å²) in [6.45, 7) is 2.54. The van der Waals surface area contributed by atoms with Crippen LogP contribution in [-0.2, 0) is 20.0 Å². The lowest BCUT2D eigenvalue weighted by molar-refractivity contribution is 0.225. The van der Waals surface area contributed by atoms with Crippen molar-refractivity contribution in [3.63, 3.8) is 0 Å². The monoisotopic (exact) mass is 580 g/mol. The van der Waals surface area contributed by atoms with Crippen LogP contribution in [0.15, 0.2) is 41.3 Å². The quantitative estimate of drug-likeness (QED) is 0.186. The smallest absolute Gasteiger partial charge is 0.192 e. The molecule has 1 fully saturated rings. The standard InChI is InChI=1S/C26H26BrFN8O2/c1-14(38-23-6-18(27)10-31-26(23)34-37)20-7-19(30)8-21(28)24(20)25-17(12-35(2)33-25)5-16-13-36(11-15-3-4-15)32-22(16)9-29/h6-8,10,12-15,37H,3-5,11,30H2,1-2H3,(H,31,34). The lowest BCUT2D eigenvalue weighted by atomic mass is 9.95. The van der Waals surface area contributed by atoms with Gasteiger partial charge in [0.05, 0.1) is 5.69 Å². The summed E-state index contributed by atoms with van der Waals surface area (Å²) in [5.74, 6) is 0.425. The summed E-state index contributed by atoms with van der Waals surface area (Å²) in [7, 11) is 1.76. The first-order valence-electron chi connectivity index (χ1n) is 12.1. The van der Waals surface area contributed by atoms with Crippen molar-refractivity contribution in [1.29, 1.82) is 5.26 Å². The minimum absolute atomic E-state index is 0.108. The number of nitrogens with one attached hydrogen (secondary N) is 1. The molecule has 4 N–H and O–H groups in total. The third-order valence-corrected chi connectivity index (χ3v) is 6.85. The van der Waals surface area contributed by atoms with Gasteiger partial charge >= 0.3 is 0 Å². The Balaban J connectivity index is 1.54. The largest absolute Gasteiger partial charge is 0.482 e. The zero-order valence-corrected chi connectivity index (χ0v) is 22.4. The van der Waals surface area contributed by atoms with Crippen LogP contribution in [0, 0.1) is 23.1 Å². The maximum Gasteiger partial charge on any atom is 0.192 e. The number of nitrogen functional groups attached to an aromatic ring is 1. The SMILES string of the molecule is CC(Oc1cc(Br)cnc1NO)c1cc(N)cc(F)c1-c1nn(C)cc1Cc1cn(CC2CC2)nc1C#N. The number of hydrogen-bond acceptors (Lipinski definition) is 8. The molecule has 1 aliphatic carbocycles. The molecule has 1 unspecified atom stereocenters. The maximum atomic E-state index is 15.6. The number of anilines is 2. The molecule has 0 saturated heterocycles. The van der Waals surface area contributed by atoms with Gasteiger partial charge in [0.25, 0.3) is 0 Å². The highest BCUT2D eigenvalue weighted by molar-refractivity contribution is 9.10. The lowest BCUT2D eigenvalue weighted by Crippen LogP contribution is -2.10. The number of aromatic nitrogens is 5. The van der Waals surface area contributed by atoms with Gasteiger partial charge in [0, 0.05) is 71.0 Å². The molecule has 1 aliphatic rings. The zero-order chi connectivity index (χ0) is 27.0. The molecule has 0 radical (unpaired) electrons. The van der Waals surface area contributed by atoms with Crippen molar-refractivity contribution in [2.75, 3.05) is 11.2 Å². The van der Waals surface area contributed by atoms with Crippen molar-refractivity contribution < 1.29 is 14.3 Å². The van der Waals surface area contributed by atoms with Crippen LogP contribution in [0.4, 0.5) is 15.9 Å². The third kappa shape index (κ3) is 5.34. The van der Waals surface area contributed by atoms with Gasteiger partial charge in [-0.15, -0.1) is 0 Å². The van der Waals surface area contributed by atoms with Crippen LogP contribution in [0.5, 0.6) is 5.75 Å². The maximum absolute atomic E-state index is 15.6. The van der Waals surface area contributed by atoms with Crippen LogP contribution in [0.1, 0.15) is 48.3 Å². The van der Waals surface area contributed by atoms with E-state index in [1.165, 1.54) is 25.1 Å². The Morgan fingerprint density at radius 2 is 2.08 bits per heavy atom. The molecule has 1 saturated carbocycles. The first-order valence-corrected chi connectivity index (χ1v) is 12.9. The molecule has 5 rings (SSSR count). The summed E-state index contributed by atoms with van der Waals surface area (Å²) in [6.07, 6.45) is 7.21. The Morgan fingerprint density at radius 3 is 2.79 bits per heavy atom. The molecule has 12 heteroatoms. The summed E-state index contributed by atoms with van der Waals surface area (Å²) in [4.78, 5) is 4.08. The van der Waals surface area contributed by atoms with Crippen molar-refractivity contribution in [1.82, 2.24) is 24.5 Å². The molecule has 3 aromatic heterocycles. The molecule has 4 aromatic rings. The summed E-state index contributed by atoms with van der Waals surface area (Å²) in [5.41, 5.74) is 11.2. The van der Waals surface area contributed by atoms with E-state index in [0.29, 0.717) is 33.8 Å². The molecule has 0 aliphatic heterocycles. The van der Waals surface area contributed by atoms with Crippen molar-refractivity contribution in [3.8, 4) is 23.1 Å². The molecular weight excluding hydrogens is 555 g/mol. The molecule has 38 heavy (non-hydrogen) atoms. The number of pyridine rings is 1. The lowest BCUT2D eigenvalue weighted by Gasteiger charge is -2.20. The van der Waals surface area contributed by atoms with E-state index in [0.717, 1.165) is 17.7 Å². The number of nitriles is 1. The molecule has 1 atom stereocenters. The fraction of sp³-hybridized carbons (Fsp3) is 0.308. The Bertz CT molecular complexity index is 1540. The van der Waals surface area contributed by atoms with Crippen molar-refractivity contribution in [3.05, 3.63) is 69.5 Å². The van der Waals surface area contributed by atoms with Gasteiger partial charge in [-0.05, 0) is 59.8 Å². The summed E-state index contributed by atoms with van der Waals surface area (Å²) in [5, 5.41) is 28.2. The Kier molecular flexibility index (Phi) is 7.05. The molecule has 1 aromatic carbocycles. The summed E-state index contributed by atoms with van der Waals surface area (Å²) < 4.78 is 25.8. The van der Waals surface area contributed by atoms with Crippen molar-refractivity contribution in [2.45, 2.75) is 38.8 Å². The molecule has 3 heterocycles. The number of benzene rings is 1. The highest BCUT2D eigenvalue weighted by Gasteiger charge is 2.26. The van der Waals surface area contributed by atoms with Gasteiger partial charge in [0.1, 0.15) is 18.0 Å². The number of ether oxygens (including phenoxy) is 1. The van der Waals surface area contributed by atoms with Crippen LogP contribution in [0.25, 0.3) is 11.3 Å². The average Bonchev–Trinajstić information content (AvgIpc) is 3.49. The van der Waals surface area contributed by atoms with Crippen LogP contribution in [-0.4, -0.2) is 29.8 Å². The van der Waals surface area contributed by atoms with Gasteiger partial charge < -0.3 is 10.5 Å². The number of hydrogen-bond donors (Lipinski definition) is 3. The van der Waals surface area contributed by atoms with Crippen molar-refractivity contribution in [2.24, 2.45) is 13.0 Å². The fourth-order valence-electron chi connectivity index (χ4n) is 4.50. The molecule has 196 valence electrons. The second kappa shape index (κ2) is 10.4. The van der Waals surface area contributed by atoms with Crippen LogP contribution >= 0.6 is 15.9 Å². The predicted molar refractivity (Wildman–Crippen MR) is 142 cm³/mol. The van der Waals surface area contributed by atoms with Crippen LogP contribution < -0.4 is 16.0 Å². The highest BCUT2D eigenvalue weighted by atomic mass is 79.9. The first-order chi connectivity index (χ1) is 18.2. The van der Waals surface area contributed by atoms with Gasteiger partial charge in [0.2, 0.25) is 0 Å². The van der Waals surface area contributed by atoms with Crippen LogP contribution in [0.2, 0.25) is 0 Å². The van der Waals surface area contributed by atoms with E-state index in [2.05, 4.69) is 37.2 Å². The van der Waals surface area contributed by atoms with E-state index >= 15 is 4.39 Å². The number of aryl methyl sites for hydroxylation is 1. The molecule has 0 bridgehead atoms. The van der Waals surface area contributed by atoms with E-state index in [9.17, 15) is 10.5 Å². The topological polar surface area (TPSA) is 140 Å². The number of nitrogens with zero attached hydrogens (tertiary/aromatic N) is 6. The minimum Gasteiger partial charge on any atom is -0.482 e. The van der Waals surface area contributed by atoms with Crippen LogP contribution in [0.3, 0.4) is 0 Å². The second-order valence-electron chi connectivity index (χ2n) is 9.47. The average molecular weight is 581 g/mol. The molecule has 0 spiro atoms. The predicted octanol–water partition coefficient (Wildman–Crippen LogP) is 4.98. The second-order valence-corrected chi connectivity index (χ2v) is 10.4. The van der Waals surface area contributed by atoms with Gasteiger partial charge in [-0.25, -0.2) is 14.9 Å². The van der Waals surface area contributed by atoms with E-state index in [-0.39, 0.29) is 22.8 Å². The van der Waals surface area contributed by atoms with E-state index in [4.69, 9.17) is 10.5 Å². The summed E-state index contributed by atoms with van der Waals surface area (Å²) in [6, 6.07) is 6.72. The molecular formula is C26H26BrFN8O2. The first kappa shape index (κ1) is 25.7. The molecule has 0 amide bonds. The zero-order valence-electron chi connectivity index (χ0n) is 20.8. The minimum atomic E-state index is -0.697. The number of nitrogens with two attached hydrogens (primary N) is 1. The Hall–Kier alpha value is -3.95.